The van der Waals surface area contributed by atoms with Gasteiger partial charge in [-0.05, 0) is 59.7 Å². The summed E-state index contributed by atoms with van der Waals surface area (Å²) in [5, 5.41) is 25.7. The van der Waals surface area contributed by atoms with Gasteiger partial charge in [0.25, 0.3) is 0 Å². The summed E-state index contributed by atoms with van der Waals surface area (Å²) >= 11 is 0. The molecule has 7 aromatic rings. The van der Waals surface area contributed by atoms with Crippen molar-refractivity contribution in [1.29, 1.82) is 10.5 Å². The zero-order valence-electron chi connectivity index (χ0n) is 22.7. The molecule has 4 nitrogen and oxygen atoms in total. The molecule has 8 rings (SSSR count). The van der Waals surface area contributed by atoms with Gasteiger partial charge in [-0.25, -0.2) is 0 Å². The Morgan fingerprint density at radius 2 is 1.12 bits per heavy atom. The van der Waals surface area contributed by atoms with Crippen LogP contribution in [0.2, 0.25) is 0 Å². The number of rotatable bonds is 3. The van der Waals surface area contributed by atoms with E-state index in [1.165, 1.54) is 10.8 Å². The standard InChI is InChI=1S/C38H24N4/c39-24-26-20-28(23-38(22-26,25-40)42-36-18-7-3-14-32(36)33-15-4-8-19-37(33)42)27-10-9-11-29(21-27)41-34-16-5-1-12-30(34)31-13-2-6-17-35(31)41/h1-22H,23H2. The molecule has 0 fully saturated rings. The van der Waals surface area contributed by atoms with Gasteiger partial charge in [0.1, 0.15) is 0 Å². The summed E-state index contributed by atoms with van der Waals surface area (Å²) in [6, 6.07) is 46.8. The van der Waals surface area contributed by atoms with Gasteiger partial charge in [0, 0.05) is 33.7 Å². The fraction of sp³-hybridized carbons (Fsp3) is 0.0526. The van der Waals surface area contributed by atoms with E-state index >= 15 is 0 Å². The maximum atomic E-state index is 10.9. The number of nitriles is 2. The zero-order chi connectivity index (χ0) is 28.3. The first kappa shape index (κ1) is 24.0. The Bertz CT molecular complexity index is 2260. The molecule has 2 aromatic heterocycles. The molecule has 2 heterocycles. The van der Waals surface area contributed by atoms with Gasteiger partial charge in [-0.3, -0.25) is 0 Å². The van der Waals surface area contributed by atoms with Crippen LogP contribution in [0.4, 0.5) is 0 Å². The first-order valence-electron chi connectivity index (χ1n) is 14.0. The largest absolute Gasteiger partial charge is 0.317 e. The molecule has 1 atom stereocenters. The third-order valence-corrected chi connectivity index (χ3v) is 8.54. The average Bonchev–Trinajstić information content (AvgIpc) is 3.58. The van der Waals surface area contributed by atoms with Gasteiger partial charge in [-0.15, -0.1) is 0 Å². The molecule has 1 aliphatic rings. The van der Waals surface area contributed by atoms with Crippen molar-refractivity contribution in [2.45, 2.75) is 12.0 Å². The molecule has 0 saturated heterocycles. The van der Waals surface area contributed by atoms with Gasteiger partial charge in [0.2, 0.25) is 0 Å². The SMILES string of the molecule is N#CC1=CC(C#N)(n2c3ccccc3c3ccccc32)CC(c2cccc(-n3c4ccccc4c4ccccc43)c2)=C1. The third kappa shape index (κ3) is 3.40. The number of benzene rings is 5. The number of hydrogen-bond acceptors (Lipinski definition) is 2. The minimum Gasteiger partial charge on any atom is -0.317 e. The van der Waals surface area contributed by atoms with Gasteiger partial charge in [-0.2, -0.15) is 10.5 Å². The molecule has 0 spiro atoms. The Morgan fingerprint density at radius 3 is 1.67 bits per heavy atom. The summed E-state index contributed by atoms with van der Waals surface area (Å²) in [7, 11) is 0. The van der Waals surface area contributed by atoms with Crippen molar-refractivity contribution in [2.24, 2.45) is 0 Å². The lowest BCUT2D eigenvalue weighted by Crippen LogP contribution is -2.32. The second-order valence-electron chi connectivity index (χ2n) is 10.9. The summed E-state index contributed by atoms with van der Waals surface area (Å²) in [5.41, 5.74) is 6.66. The highest BCUT2D eigenvalue weighted by Crippen LogP contribution is 2.43. The van der Waals surface area contributed by atoms with Crippen molar-refractivity contribution >= 4 is 49.2 Å². The Labute approximate surface area is 242 Å². The molecule has 42 heavy (non-hydrogen) atoms. The number of allylic oxidation sites excluding steroid dienone is 4. The average molecular weight is 537 g/mol. The maximum Gasteiger partial charge on any atom is 0.156 e. The van der Waals surface area contributed by atoms with Crippen LogP contribution in [0.1, 0.15) is 12.0 Å². The molecular weight excluding hydrogens is 512 g/mol. The van der Waals surface area contributed by atoms with E-state index in [1.54, 1.807) is 0 Å². The number of para-hydroxylation sites is 4. The lowest BCUT2D eigenvalue weighted by atomic mass is 9.81. The van der Waals surface area contributed by atoms with E-state index in [9.17, 15) is 10.5 Å². The highest BCUT2D eigenvalue weighted by atomic mass is 15.1. The topological polar surface area (TPSA) is 57.4 Å². The van der Waals surface area contributed by atoms with Gasteiger partial charge in [0.05, 0.1) is 39.8 Å². The van der Waals surface area contributed by atoms with Gasteiger partial charge in [-0.1, -0.05) is 84.9 Å². The van der Waals surface area contributed by atoms with Crippen LogP contribution in [-0.2, 0) is 5.54 Å². The Balaban J connectivity index is 1.32. The number of aromatic nitrogens is 2. The molecule has 0 N–H and O–H groups in total. The monoisotopic (exact) mass is 536 g/mol. The van der Waals surface area contributed by atoms with Crippen LogP contribution in [0.3, 0.4) is 0 Å². The van der Waals surface area contributed by atoms with Crippen molar-refractivity contribution in [3.63, 3.8) is 0 Å². The van der Waals surface area contributed by atoms with E-state index in [4.69, 9.17) is 0 Å². The molecule has 0 bridgehead atoms. The maximum absolute atomic E-state index is 10.9. The van der Waals surface area contributed by atoms with E-state index in [-0.39, 0.29) is 0 Å². The first-order chi connectivity index (χ1) is 20.7. The first-order valence-corrected chi connectivity index (χ1v) is 14.0. The van der Waals surface area contributed by atoms with Crippen LogP contribution >= 0.6 is 0 Å². The highest BCUT2D eigenvalue weighted by molar-refractivity contribution is 6.10. The summed E-state index contributed by atoms with van der Waals surface area (Å²) in [6.07, 6.45) is 4.22. The van der Waals surface area contributed by atoms with E-state index in [0.717, 1.165) is 49.7 Å². The van der Waals surface area contributed by atoms with Crippen LogP contribution in [-0.4, -0.2) is 9.13 Å². The zero-order valence-corrected chi connectivity index (χ0v) is 22.7. The fourth-order valence-corrected chi connectivity index (χ4v) is 6.79. The van der Waals surface area contributed by atoms with E-state index in [1.807, 2.05) is 36.4 Å². The molecular formula is C38H24N4. The minimum atomic E-state index is -1.07. The molecule has 0 saturated carbocycles. The molecule has 1 unspecified atom stereocenters. The van der Waals surface area contributed by atoms with Crippen molar-refractivity contribution in [2.75, 3.05) is 0 Å². The van der Waals surface area contributed by atoms with Crippen molar-refractivity contribution < 1.29 is 0 Å². The van der Waals surface area contributed by atoms with Crippen LogP contribution in [0.25, 0.3) is 54.9 Å². The van der Waals surface area contributed by atoms with Gasteiger partial charge >= 0.3 is 0 Å². The lowest BCUT2D eigenvalue weighted by molar-refractivity contribution is 0.517. The van der Waals surface area contributed by atoms with Gasteiger partial charge < -0.3 is 9.13 Å². The van der Waals surface area contributed by atoms with Crippen LogP contribution in [0, 0.1) is 22.7 Å². The second kappa shape index (κ2) is 9.10. The molecule has 1 aliphatic carbocycles. The van der Waals surface area contributed by atoms with E-state index < -0.39 is 5.54 Å². The van der Waals surface area contributed by atoms with Crippen molar-refractivity contribution in [3.05, 3.63) is 145 Å². The predicted molar refractivity (Wildman–Crippen MR) is 170 cm³/mol. The molecule has 5 aromatic carbocycles. The fourth-order valence-electron chi connectivity index (χ4n) is 6.79. The molecule has 4 heteroatoms. The number of fused-ring (bicyclic) bond motifs is 6. The summed E-state index contributed by atoms with van der Waals surface area (Å²) in [6.45, 7) is 0. The van der Waals surface area contributed by atoms with Crippen molar-refractivity contribution in [1.82, 2.24) is 9.13 Å². The number of nitrogens with zero attached hydrogens (tertiary/aromatic N) is 4. The minimum absolute atomic E-state index is 0.438. The van der Waals surface area contributed by atoms with Crippen LogP contribution in [0.15, 0.2) is 139 Å². The third-order valence-electron chi connectivity index (χ3n) is 8.54. The summed E-state index contributed by atoms with van der Waals surface area (Å²) in [5.74, 6) is 0. The Morgan fingerprint density at radius 1 is 0.595 bits per heavy atom. The molecule has 0 aliphatic heterocycles. The van der Waals surface area contributed by atoms with Gasteiger partial charge in [0.15, 0.2) is 5.54 Å². The lowest BCUT2D eigenvalue weighted by Gasteiger charge is -2.31. The highest BCUT2D eigenvalue weighted by Gasteiger charge is 2.37. The van der Waals surface area contributed by atoms with Crippen LogP contribution < -0.4 is 0 Å². The predicted octanol–water partition coefficient (Wildman–Crippen LogP) is 9.05. The molecule has 0 radical (unpaired) electrons. The van der Waals surface area contributed by atoms with E-state index in [0.29, 0.717) is 12.0 Å². The molecule has 0 amide bonds. The van der Waals surface area contributed by atoms with E-state index in [2.05, 4.69) is 118 Å². The molecule has 196 valence electrons. The smallest absolute Gasteiger partial charge is 0.156 e. The summed E-state index contributed by atoms with van der Waals surface area (Å²) in [4.78, 5) is 0. The number of hydrogen-bond donors (Lipinski definition) is 0. The quantitative estimate of drug-likeness (QED) is 0.226. The van der Waals surface area contributed by atoms with Crippen LogP contribution in [0.5, 0.6) is 0 Å². The van der Waals surface area contributed by atoms with Crippen molar-refractivity contribution in [3.8, 4) is 17.8 Å². The Hall–Kier alpha value is -5.84. The second-order valence-corrected chi connectivity index (χ2v) is 10.9. The summed E-state index contributed by atoms with van der Waals surface area (Å²) < 4.78 is 4.42. The Kier molecular flexibility index (Phi) is 5.20. The normalized spacial score (nSPS) is 16.8.